The molecule has 0 saturated heterocycles. The molecule has 0 saturated carbocycles. The third kappa shape index (κ3) is 5.17. The van der Waals surface area contributed by atoms with Crippen molar-refractivity contribution >= 4 is 97.9 Å². The molecule has 0 aliphatic rings. The van der Waals surface area contributed by atoms with Crippen LogP contribution in [0.5, 0.6) is 0 Å². The summed E-state index contributed by atoms with van der Waals surface area (Å²) in [5.41, 5.74) is 13.7. The Balaban J connectivity index is 1.04. The quantitative estimate of drug-likeness (QED) is 0.174. The van der Waals surface area contributed by atoms with Gasteiger partial charge in [-0.15, -0.1) is 11.3 Å². The molecule has 0 aliphatic carbocycles. The fraction of sp³-hybridized carbons (Fsp3) is 0. The van der Waals surface area contributed by atoms with Crippen LogP contribution in [-0.4, -0.2) is 19.1 Å². The highest BCUT2D eigenvalue weighted by molar-refractivity contribution is 7.22. The summed E-state index contributed by atoms with van der Waals surface area (Å²) in [5.74, 6) is 0.649. The minimum Gasteiger partial charge on any atom is -0.456 e. The molecule has 0 atom stereocenters. The number of hydrogen-bond acceptors (Lipinski definition) is 4. The number of para-hydroxylation sites is 3. The number of rotatable bonds is 5. The molecule has 14 aromatic rings. The third-order valence-corrected chi connectivity index (χ3v) is 14.1. The summed E-state index contributed by atoms with van der Waals surface area (Å²) in [7, 11) is 0. The standard InChI is InChI=1S/C58H34N4OS/c1-3-15-36(16-4-1)53-34-47-57(64-53)55(37-17-5-2-6-18-37)60-58(59-47)62-49-29-27-38(32-46(49)54-40-19-8-7-14-35(40)26-30-50(54)62)41-22-13-23-44-42-20-9-11-24-48(42)61(56(41)44)39-28-31-52-45(33-39)43-21-10-12-25-51(43)63-52/h1-34H. The van der Waals surface area contributed by atoms with Gasteiger partial charge in [-0.2, -0.15) is 0 Å². The second kappa shape index (κ2) is 13.6. The second-order valence-corrected chi connectivity index (χ2v) is 17.6. The summed E-state index contributed by atoms with van der Waals surface area (Å²) >= 11 is 1.75. The summed E-state index contributed by atoms with van der Waals surface area (Å²) in [6.45, 7) is 0. The molecule has 0 aliphatic heterocycles. The van der Waals surface area contributed by atoms with Crippen LogP contribution in [0.3, 0.4) is 0 Å². The van der Waals surface area contributed by atoms with Crippen molar-refractivity contribution in [1.82, 2.24) is 19.1 Å². The lowest BCUT2D eigenvalue weighted by atomic mass is 9.98. The fourth-order valence-electron chi connectivity index (χ4n) is 10.1. The fourth-order valence-corrected chi connectivity index (χ4v) is 11.2. The molecular formula is C58H34N4OS. The summed E-state index contributed by atoms with van der Waals surface area (Å²) in [6.07, 6.45) is 0. The molecule has 0 fully saturated rings. The van der Waals surface area contributed by atoms with E-state index in [4.69, 9.17) is 14.4 Å². The highest BCUT2D eigenvalue weighted by Gasteiger charge is 2.23. The van der Waals surface area contributed by atoms with Gasteiger partial charge in [-0.1, -0.05) is 152 Å². The van der Waals surface area contributed by atoms with Crippen LogP contribution in [0.2, 0.25) is 0 Å². The molecule has 0 N–H and O–H groups in total. The molecule has 5 heterocycles. The molecule has 0 radical (unpaired) electrons. The van der Waals surface area contributed by atoms with Gasteiger partial charge in [0.25, 0.3) is 0 Å². The summed E-state index contributed by atoms with van der Waals surface area (Å²) in [5, 5.41) is 9.35. The Morgan fingerprint density at radius 3 is 2.00 bits per heavy atom. The molecule has 5 aromatic heterocycles. The Morgan fingerprint density at radius 2 is 1.12 bits per heavy atom. The Bertz CT molecular complexity index is 4190. The maximum atomic E-state index is 6.28. The molecule has 0 unspecified atom stereocenters. The van der Waals surface area contributed by atoms with Crippen molar-refractivity contribution < 1.29 is 4.42 Å². The topological polar surface area (TPSA) is 48.8 Å². The normalized spacial score (nSPS) is 12.1. The summed E-state index contributed by atoms with van der Waals surface area (Å²) < 4.78 is 12.1. The van der Waals surface area contributed by atoms with Crippen LogP contribution in [-0.2, 0) is 0 Å². The average molecular weight is 835 g/mol. The number of nitrogens with zero attached hydrogens (tertiary/aromatic N) is 4. The molecule has 0 spiro atoms. The van der Waals surface area contributed by atoms with E-state index in [0.717, 1.165) is 87.7 Å². The van der Waals surface area contributed by atoms with E-state index in [-0.39, 0.29) is 0 Å². The highest BCUT2D eigenvalue weighted by atomic mass is 32.1. The van der Waals surface area contributed by atoms with Crippen LogP contribution in [0.4, 0.5) is 0 Å². The molecule has 0 amide bonds. The lowest BCUT2D eigenvalue weighted by Gasteiger charge is -2.13. The van der Waals surface area contributed by atoms with Crippen LogP contribution in [0, 0.1) is 0 Å². The molecule has 5 nitrogen and oxygen atoms in total. The van der Waals surface area contributed by atoms with E-state index < -0.39 is 0 Å². The van der Waals surface area contributed by atoms with E-state index in [9.17, 15) is 0 Å². The van der Waals surface area contributed by atoms with Gasteiger partial charge in [0.15, 0.2) is 0 Å². The van der Waals surface area contributed by atoms with Gasteiger partial charge >= 0.3 is 0 Å². The number of aromatic nitrogens is 4. The smallest absolute Gasteiger partial charge is 0.235 e. The highest BCUT2D eigenvalue weighted by Crippen LogP contribution is 2.44. The van der Waals surface area contributed by atoms with E-state index >= 15 is 0 Å². The van der Waals surface area contributed by atoms with Gasteiger partial charge in [0.05, 0.1) is 38.0 Å². The van der Waals surface area contributed by atoms with Crippen molar-refractivity contribution in [2.24, 2.45) is 0 Å². The number of benzene rings is 9. The van der Waals surface area contributed by atoms with Crippen molar-refractivity contribution in [3.8, 4) is 44.5 Å². The second-order valence-electron chi connectivity index (χ2n) is 16.5. The number of thiophene rings is 1. The minimum absolute atomic E-state index is 0.649. The van der Waals surface area contributed by atoms with Gasteiger partial charge in [0.1, 0.15) is 11.2 Å². The largest absolute Gasteiger partial charge is 0.456 e. The van der Waals surface area contributed by atoms with Gasteiger partial charge in [0.2, 0.25) is 5.95 Å². The lowest BCUT2D eigenvalue weighted by molar-refractivity contribution is 0.669. The Kier molecular flexibility index (Phi) is 7.49. The molecule has 14 rings (SSSR count). The number of hydrogen-bond donors (Lipinski definition) is 0. The Hall–Kier alpha value is -8.32. The summed E-state index contributed by atoms with van der Waals surface area (Å²) in [4.78, 5) is 12.1. The van der Waals surface area contributed by atoms with Crippen LogP contribution >= 0.6 is 11.3 Å². The third-order valence-electron chi connectivity index (χ3n) is 12.9. The van der Waals surface area contributed by atoms with Crippen LogP contribution < -0.4 is 0 Å². The van der Waals surface area contributed by atoms with Crippen molar-refractivity contribution in [1.29, 1.82) is 0 Å². The molecular weight excluding hydrogens is 801 g/mol. The average Bonchev–Trinajstić information content (AvgIpc) is 4.13. The summed E-state index contributed by atoms with van der Waals surface area (Å²) in [6, 6.07) is 73.8. The van der Waals surface area contributed by atoms with Crippen LogP contribution in [0.1, 0.15) is 0 Å². The van der Waals surface area contributed by atoms with E-state index in [1.807, 2.05) is 12.1 Å². The Morgan fingerprint density at radius 1 is 0.422 bits per heavy atom. The zero-order valence-corrected chi connectivity index (χ0v) is 35.1. The van der Waals surface area contributed by atoms with Gasteiger partial charge < -0.3 is 8.98 Å². The van der Waals surface area contributed by atoms with Gasteiger partial charge in [0, 0.05) is 54.0 Å². The van der Waals surface area contributed by atoms with Crippen LogP contribution in [0.25, 0.3) is 131 Å². The van der Waals surface area contributed by atoms with Crippen molar-refractivity contribution in [2.75, 3.05) is 0 Å². The van der Waals surface area contributed by atoms with Gasteiger partial charge in [-0.3, -0.25) is 4.57 Å². The molecule has 298 valence electrons. The maximum absolute atomic E-state index is 6.28. The zero-order valence-electron chi connectivity index (χ0n) is 34.2. The first-order chi connectivity index (χ1) is 31.7. The minimum atomic E-state index is 0.649. The first-order valence-corrected chi connectivity index (χ1v) is 22.4. The number of fused-ring (bicyclic) bond motifs is 12. The predicted molar refractivity (Wildman–Crippen MR) is 267 cm³/mol. The van der Waals surface area contributed by atoms with E-state index in [1.54, 1.807) is 11.3 Å². The van der Waals surface area contributed by atoms with Gasteiger partial charge in [-0.25, -0.2) is 9.97 Å². The van der Waals surface area contributed by atoms with Crippen LogP contribution in [0.15, 0.2) is 211 Å². The Labute approximate surface area is 370 Å². The van der Waals surface area contributed by atoms with E-state index in [2.05, 4.69) is 203 Å². The number of furan rings is 1. The molecule has 9 aromatic carbocycles. The lowest BCUT2D eigenvalue weighted by Crippen LogP contribution is -2.02. The first-order valence-electron chi connectivity index (χ1n) is 21.6. The van der Waals surface area contributed by atoms with Crippen molar-refractivity contribution in [3.05, 3.63) is 206 Å². The van der Waals surface area contributed by atoms with E-state index in [1.165, 1.54) is 37.4 Å². The molecule has 0 bridgehead atoms. The molecule has 6 heteroatoms. The van der Waals surface area contributed by atoms with Crippen molar-refractivity contribution in [3.63, 3.8) is 0 Å². The van der Waals surface area contributed by atoms with Crippen molar-refractivity contribution in [2.45, 2.75) is 0 Å². The maximum Gasteiger partial charge on any atom is 0.235 e. The van der Waals surface area contributed by atoms with Gasteiger partial charge in [-0.05, 0) is 76.5 Å². The van der Waals surface area contributed by atoms with E-state index in [0.29, 0.717) is 5.95 Å². The first kappa shape index (κ1) is 35.3. The monoisotopic (exact) mass is 834 g/mol. The molecule has 64 heavy (non-hydrogen) atoms. The zero-order chi connectivity index (χ0) is 41.9. The predicted octanol–water partition coefficient (Wildman–Crippen LogP) is 15.9. The SMILES string of the molecule is c1ccc(-c2cc3nc(-n4c5ccc(-c6cccc7c8ccccc8n(-c8ccc9oc%10ccccc%10c9c8)c67)cc5c5c6ccccc6ccc54)nc(-c4ccccc4)c3s2)cc1.